The molecule has 0 heterocycles. The van der Waals surface area contributed by atoms with Gasteiger partial charge in [0.05, 0.1) is 5.69 Å². The van der Waals surface area contributed by atoms with Gasteiger partial charge in [0, 0.05) is 15.6 Å². The Morgan fingerprint density at radius 1 is 0.926 bits per heavy atom. The molecule has 0 aliphatic carbocycles. The largest absolute Gasteiger partial charge is 0.484 e. The number of benzene rings is 3. The number of hydrogen-bond acceptors (Lipinski definition) is 3. The van der Waals surface area contributed by atoms with Crippen LogP contribution in [-0.2, 0) is 4.79 Å². The predicted molar refractivity (Wildman–Crippen MR) is 109 cm³/mol. The van der Waals surface area contributed by atoms with Gasteiger partial charge < -0.3 is 10.1 Å². The quantitative estimate of drug-likeness (QED) is 0.567. The lowest BCUT2D eigenvalue weighted by molar-refractivity contribution is -0.118. The topological polar surface area (TPSA) is 55.4 Å². The van der Waals surface area contributed by atoms with Gasteiger partial charge in [0.15, 0.2) is 12.4 Å². The highest BCUT2D eigenvalue weighted by atomic mass is 79.9. The molecule has 0 saturated heterocycles. The van der Waals surface area contributed by atoms with Crippen LogP contribution in [0.2, 0.25) is 0 Å². The maximum Gasteiger partial charge on any atom is 0.262 e. The second-order valence-corrected chi connectivity index (χ2v) is 6.89. The van der Waals surface area contributed by atoms with E-state index < -0.39 is 0 Å². The van der Waals surface area contributed by atoms with E-state index in [9.17, 15) is 9.59 Å². The lowest BCUT2D eigenvalue weighted by atomic mass is 10.0. The van der Waals surface area contributed by atoms with Crippen molar-refractivity contribution in [3.63, 3.8) is 0 Å². The summed E-state index contributed by atoms with van der Waals surface area (Å²) in [5.74, 6) is 0.214. The van der Waals surface area contributed by atoms with Gasteiger partial charge >= 0.3 is 0 Å². The second kappa shape index (κ2) is 8.64. The van der Waals surface area contributed by atoms with Crippen molar-refractivity contribution in [3.05, 3.63) is 94.0 Å². The van der Waals surface area contributed by atoms with Gasteiger partial charge in [0.25, 0.3) is 5.91 Å². The minimum Gasteiger partial charge on any atom is -0.484 e. The number of aryl methyl sites for hydroxylation is 1. The van der Waals surface area contributed by atoms with Crippen LogP contribution in [0.1, 0.15) is 21.5 Å². The SMILES string of the molecule is Cc1ccc(NC(=O)COc2ccc(C(=O)c3ccccc3)cc2)c(Br)c1. The molecule has 0 aromatic heterocycles. The van der Waals surface area contributed by atoms with Crippen LogP contribution < -0.4 is 10.1 Å². The van der Waals surface area contributed by atoms with E-state index in [0.717, 1.165) is 10.0 Å². The third kappa shape index (κ3) is 5.05. The fourth-order valence-corrected chi connectivity index (χ4v) is 3.11. The van der Waals surface area contributed by atoms with Crippen LogP contribution in [0.5, 0.6) is 5.75 Å². The van der Waals surface area contributed by atoms with Gasteiger partial charge in [-0.3, -0.25) is 9.59 Å². The lowest BCUT2D eigenvalue weighted by Crippen LogP contribution is -2.20. The van der Waals surface area contributed by atoms with Crippen LogP contribution in [0.4, 0.5) is 5.69 Å². The molecule has 1 N–H and O–H groups in total. The summed E-state index contributed by atoms with van der Waals surface area (Å²) >= 11 is 3.42. The first kappa shape index (κ1) is 18.9. The number of carbonyl (C=O) groups excluding carboxylic acids is 2. The van der Waals surface area contributed by atoms with Crippen molar-refractivity contribution in [1.29, 1.82) is 0 Å². The molecule has 0 radical (unpaired) electrons. The molecule has 136 valence electrons. The van der Waals surface area contributed by atoms with Crippen LogP contribution in [-0.4, -0.2) is 18.3 Å². The maximum absolute atomic E-state index is 12.4. The van der Waals surface area contributed by atoms with Crippen LogP contribution in [0.25, 0.3) is 0 Å². The van der Waals surface area contributed by atoms with E-state index in [-0.39, 0.29) is 18.3 Å². The van der Waals surface area contributed by atoms with Gasteiger partial charge in [-0.05, 0) is 64.8 Å². The zero-order chi connectivity index (χ0) is 19.2. The van der Waals surface area contributed by atoms with Crippen molar-refractivity contribution in [2.24, 2.45) is 0 Å². The summed E-state index contributed by atoms with van der Waals surface area (Å²) in [5.41, 5.74) is 3.00. The van der Waals surface area contributed by atoms with Gasteiger partial charge in [-0.25, -0.2) is 0 Å². The predicted octanol–water partition coefficient (Wildman–Crippen LogP) is 5.01. The monoisotopic (exact) mass is 423 g/mol. The Labute approximate surface area is 166 Å². The van der Waals surface area contributed by atoms with Crippen LogP contribution in [0.15, 0.2) is 77.3 Å². The number of carbonyl (C=O) groups is 2. The number of halogens is 1. The summed E-state index contributed by atoms with van der Waals surface area (Å²) in [7, 11) is 0. The molecule has 0 fully saturated rings. The molecular weight excluding hydrogens is 406 g/mol. The number of anilines is 1. The van der Waals surface area contributed by atoms with E-state index in [4.69, 9.17) is 4.74 Å². The van der Waals surface area contributed by atoms with Crippen molar-refractivity contribution in [2.45, 2.75) is 6.92 Å². The molecule has 0 saturated carbocycles. The number of hydrogen-bond donors (Lipinski definition) is 1. The van der Waals surface area contributed by atoms with Crippen molar-refractivity contribution in [1.82, 2.24) is 0 Å². The number of ketones is 1. The summed E-state index contributed by atoms with van der Waals surface area (Å²) in [5, 5.41) is 2.79. The van der Waals surface area contributed by atoms with Crippen molar-refractivity contribution < 1.29 is 14.3 Å². The maximum atomic E-state index is 12.4. The third-order valence-corrected chi connectivity index (χ3v) is 4.58. The molecular formula is C22H18BrNO3. The molecule has 3 rings (SSSR count). The minimum atomic E-state index is -0.260. The molecule has 0 aliphatic heterocycles. The number of rotatable bonds is 6. The van der Waals surface area contributed by atoms with Gasteiger partial charge in [-0.2, -0.15) is 0 Å². The molecule has 4 nitrogen and oxygen atoms in total. The van der Waals surface area contributed by atoms with Crippen LogP contribution in [0.3, 0.4) is 0 Å². The normalized spacial score (nSPS) is 10.3. The summed E-state index contributed by atoms with van der Waals surface area (Å²) in [6.07, 6.45) is 0. The van der Waals surface area contributed by atoms with Gasteiger partial charge in [-0.1, -0.05) is 36.4 Å². The Morgan fingerprint density at radius 2 is 1.59 bits per heavy atom. The van der Waals surface area contributed by atoms with E-state index in [1.54, 1.807) is 36.4 Å². The molecule has 0 unspecified atom stereocenters. The molecule has 3 aromatic rings. The van der Waals surface area contributed by atoms with E-state index in [1.165, 1.54) is 0 Å². The highest BCUT2D eigenvalue weighted by Gasteiger charge is 2.10. The molecule has 0 bridgehead atoms. The van der Waals surface area contributed by atoms with Crippen molar-refractivity contribution in [2.75, 3.05) is 11.9 Å². The Morgan fingerprint density at radius 3 is 2.26 bits per heavy atom. The molecule has 27 heavy (non-hydrogen) atoms. The Kier molecular flexibility index (Phi) is 6.04. The molecule has 3 aromatic carbocycles. The summed E-state index contributed by atoms with van der Waals surface area (Å²) in [4.78, 5) is 24.4. The van der Waals surface area contributed by atoms with Crippen LogP contribution in [0, 0.1) is 6.92 Å². The average Bonchev–Trinajstić information content (AvgIpc) is 2.69. The third-order valence-electron chi connectivity index (χ3n) is 3.92. The summed E-state index contributed by atoms with van der Waals surface area (Å²) in [6, 6.07) is 21.5. The molecule has 0 aliphatic rings. The zero-order valence-electron chi connectivity index (χ0n) is 14.7. The number of ether oxygens (including phenoxy) is 1. The standard InChI is InChI=1S/C22H18BrNO3/c1-15-7-12-20(19(23)13-15)24-21(25)14-27-18-10-8-17(9-11-18)22(26)16-5-3-2-4-6-16/h2-13H,14H2,1H3,(H,24,25). The number of nitrogens with one attached hydrogen (secondary N) is 1. The molecule has 1 amide bonds. The molecule has 0 atom stereocenters. The van der Waals surface area contributed by atoms with Crippen molar-refractivity contribution in [3.8, 4) is 5.75 Å². The Hall–Kier alpha value is -2.92. The van der Waals surface area contributed by atoms with E-state index in [2.05, 4.69) is 21.2 Å². The van der Waals surface area contributed by atoms with E-state index >= 15 is 0 Å². The fourth-order valence-electron chi connectivity index (χ4n) is 2.52. The van der Waals surface area contributed by atoms with E-state index in [0.29, 0.717) is 22.6 Å². The van der Waals surface area contributed by atoms with Crippen molar-refractivity contribution >= 4 is 33.3 Å². The first-order valence-corrected chi connectivity index (χ1v) is 9.21. The lowest BCUT2D eigenvalue weighted by Gasteiger charge is -2.10. The van der Waals surface area contributed by atoms with Gasteiger partial charge in [0.2, 0.25) is 0 Å². The highest BCUT2D eigenvalue weighted by Crippen LogP contribution is 2.23. The number of amides is 1. The van der Waals surface area contributed by atoms with Gasteiger partial charge in [-0.15, -0.1) is 0 Å². The minimum absolute atomic E-state index is 0.0517. The smallest absolute Gasteiger partial charge is 0.262 e. The average molecular weight is 424 g/mol. The first-order valence-electron chi connectivity index (χ1n) is 8.41. The summed E-state index contributed by atoms with van der Waals surface area (Å²) < 4.78 is 6.32. The zero-order valence-corrected chi connectivity index (χ0v) is 16.3. The fraction of sp³-hybridized carbons (Fsp3) is 0.0909. The summed E-state index contributed by atoms with van der Waals surface area (Å²) in [6.45, 7) is 1.86. The molecule has 5 heteroatoms. The van der Waals surface area contributed by atoms with Gasteiger partial charge in [0.1, 0.15) is 5.75 Å². The highest BCUT2D eigenvalue weighted by molar-refractivity contribution is 9.10. The van der Waals surface area contributed by atoms with Crippen LogP contribution >= 0.6 is 15.9 Å². The Bertz CT molecular complexity index is 953. The Balaban J connectivity index is 1.57. The van der Waals surface area contributed by atoms with E-state index in [1.807, 2.05) is 43.3 Å². The molecule has 0 spiro atoms. The first-order chi connectivity index (χ1) is 13.0. The second-order valence-electron chi connectivity index (χ2n) is 6.04.